The van der Waals surface area contributed by atoms with Crippen LogP contribution in [0.1, 0.15) is 31.6 Å². The number of nitrogens with one attached hydrogen (secondary N) is 1. The first kappa shape index (κ1) is 26.3. The Labute approximate surface area is 209 Å². The Bertz CT molecular complexity index is 1280. The van der Waals surface area contributed by atoms with Gasteiger partial charge in [-0.25, -0.2) is 14.3 Å². The van der Waals surface area contributed by atoms with Crippen LogP contribution in [0.3, 0.4) is 0 Å². The summed E-state index contributed by atoms with van der Waals surface area (Å²) in [5.74, 6) is -4.20. The van der Waals surface area contributed by atoms with Gasteiger partial charge in [-0.1, -0.05) is 48.9 Å². The van der Waals surface area contributed by atoms with Crippen LogP contribution in [0.2, 0.25) is 0 Å². The van der Waals surface area contributed by atoms with Crippen LogP contribution in [-0.2, 0) is 16.0 Å². The van der Waals surface area contributed by atoms with Crippen molar-refractivity contribution in [3.63, 3.8) is 0 Å². The van der Waals surface area contributed by atoms with Crippen LogP contribution in [-0.4, -0.2) is 72.2 Å². The van der Waals surface area contributed by atoms with Gasteiger partial charge in [-0.3, -0.25) is 9.88 Å². The van der Waals surface area contributed by atoms with Crippen LogP contribution in [0, 0.1) is 0 Å². The number of benzene rings is 1. The van der Waals surface area contributed by atoms with E-state index in [9.17, 15) is 28.6 Å². The molecule has 1 aliphatic rings. The zero-order chi connectivity index (χ0) is 26.6. The van der Waals surface area contributed by atoms with Crippen LogP contribution in [0.15, 0.2) is 47.5 Å². The van der Waals surface area contributed by atoms with Gasteiger partial charge in [-0.15, -0.1) is 5.10 Å². The summed E-state index contributed by atoms with van der Waals surface area (Å²) in [4.78, 5) is 28.8. The molecular formula is C23H26F2N6O6. The lowest BCUT2D eigenvalue weighted by Gasteiger charge is -2.22. The molecule has 1 amide bonds. The van der Waals surface area contributed by atoms with Gasteiger partial charge in [-0.05, 0) is 12.0 Å². The van der Waals surface area contributed by atoms with E-state index in [0.29, 0.717) is 17.5 Å². The van der Waals surface area contributed by atoms with E-state index in [4.69, 9.17) is 9.47 Å². The molecule has 0 saturated carbocycles. The highest BCUT2D eigenvalue weighted by molar-refractivity contribution is 5.88. The molecule has 0 radical (unpaired) electrons. The van der Waals surface area contributed by atoms with E-state index in [2.05, 4.69) is 20.6 Å². The molecule has 1 saturated heterocycles. The molecule has 198 valence electrons. The van der Waals surface area contributed by atoms with Crippen molar-refractivity contribution in [2.24, 2.45) is 0 Å². The fourth-order valence-electron chi connectivity index (χ4n) is 3.75. The summed E-state index contributed by atoms with van der Waals surface area (Å²) in [6, 6.07) is 9.33. The van der Waals surface area contributed by atoms with Crippen molar-refractivity contribution in [1.82, 2.24) is 24.5 Å². The van der Waals surface area contributed by atoms with Crippen LogP contribution in [0.4, 0.5) is 19.4 Å². The number of amides is 1. The SMILES string of the molecule is CCCCOC(=O)Nc1nc(=O)n([C@@H]2OC(CO)C(O)C2(F)F)cc1-c1cn(Cc2ccccc2)nn1. The fraction of sp³-hybridized carbons (Fsp3) is 0.435. The van der Waals surface area contributed by atoms with Crippen molar-refractivity contribution in [3.8, 4) is 11.3 Å². The quantitative estimate of drug-likeness (QED) is 0.358. The molecule has 3 atom stereocenters. The molecule has 0 spiro atoms. The topological polar surface area (TPSA) is 154 Å². The minimum Gasteiger partial charge on any atom is -0.449 e. The number of alkyl halides is 2. The lowest BCUT2D eigenvalue weighted by Crippen LogP contribution is -2.42. The highest BCUT2D eigenvalue weighted by Gasteiger charge is 2.59. The highest BCUT2D eigenvalue weighted by Crippen LogP contribution is 2.42. The fourth-order valence-corrected chi connectivity index (χ4v) is 3.75. The minimum absolute atomic E-state index is 0.0207. The largest absolute Gasteiger partial charge is 0.449 e. The van der Waals surface area contributed by atoms with Crippen molar-refractivity contribution >= 4 is 11.9 Å². The first-order valence-electron chi connectivity index (χ1n) is 11.6. The van der Waals surface area contributed by atoms with Crippen molar-refractivity contribution < 1.29 is 33.3 Å². The summed E-state index contributed by atoms with van der Waals surface area (Å²) >= 11 is 0. The Morgan fingerprint density at radius 3 is 2.70 bits per heavy atom. The average Bonchev–Trinajstić information content (AvgIpc) is 3.42. The Balaban J connectivity index is 1.72. The lowest BCUT2D eigenvalue weighted by molar-refractivity contribution is -0.140. The molecule has 1 fully saturated rings. The summed E-state index contributed by atoms with van der Waals surface area (Å²) in [6.07, 6.45) is -3.24. The monoisotopic (exact) mass is 520 g/mol. The molecule has 3 heterocycles. The maximum Gasteiger partial charge on any atom is 0.412 e. The van der Waals surface area contributed by atoms with Gasteiger partial charge in [0.2, 0.25) is 6.23 Å². The smallest absolute Gasteiger partial charge is 0.412 e. The van der Waals surface area contributed by atoms with Gasteiger partial charge in [0.25, 0.3) is 0 Å². The van der Waals surface area contributed by atoms with Crippen molar-refractivity contribution in [2.45, 2.75) is 50.7 Å². The van der Waals surface area contributed by atoms with E-state index in [1.807, 2.05) is 37.3 Å². The number of nitrogens with zero attached hydrogens (tertiary/aromatic N) is 5. The Morgan fingerprint density at radius 1 is 1.27 bits per heavy atom. The summed E-state index contributed by atoms with van der Waals surface area (Å²) in [5.41, 5.74) is -0.183. The number of unbranched alkanes of at least 4 members (excludes halogenated alkanes) is 1. The Kier molecular flexibility index (Phi) is 7.90. The molecule has 37 heavy (non-hydrogen) atoms. The minimum atomic E-state index is -3.92. The molecule has 3 N–H and O–H groups in total. The number of carbonyl (C=O) groups is 1. The molecule has 1 aliphatic heterocycles. The van der Waals surface area contributed by atoms with Gasteiger partial charge in [0.05, 0.1) is 31.5 Å². The summed E-state index contributed by atoms with van der Waals surface area (Å²) in [7, 11) is 0. The lowest BCUT2D eigenvalue weighted by atomic mass is 10.1. The van der Waals surface area contributed by atoms with E-state index >= 15 is 0 Å². The van der Waals surface area contributed by atoms with Gasteiger partial charge < -0.3 is 19.7 Å². The number of aliphatic hydroxyl groups excluding tert-OH is 2. The number of hydrogen-bond acceptors (Lipinski definition) is 9. The van der Waals surface area contributed by atoms with Crippen LogP contribution in [0.25, 0.3) is 11.3 Å². The second-order valence-corrected chi connectivity index (χ2v) is 8.42. The predicted octanol–water partition coefficient (Wildman–Crippen LogP) is 1.78. The molecule has 0 bridgehead atoms. The molecule has 0 aliphatic carbocycles. The predicted molar refractivity (Wildman–Crippen MR) is 125 cm³/mol. The van der Waals surface area contributed by atoms with Gasteiger partial charge in [0.1, 0.15) is 11.8 Å². The van der Waals surface area contributed by atoms with Crippen LogP contribution in [0.5, 0.6) is 0 Å². The standard InChI is InChI=1S/C23H26F2N6O6/c1-2-3-9-36-22(35)27-19-15(16-12-30(29-28-16)10-14-7-5-4-6-8-14)11-31(21(34)26-19)20-23(24,25)18(33)17(13-32)37-20/h4-8,11-12,17-18,20,32-33H,2-3,9-10,13H2,1H3,(H,26,27,34,35)/t17?,18?,20-/m1/s1. The van der Waals surface area contributed by atoms with Gasteiger partial charge >= 0.3 is 17.7 Å². The molecule has 1 aromatic carbocycles. The molecule has 12 nitrogen and oxygen atoms in total. The van der Waals surface area contributed by atoms with E-state index in [1.54, 1.807) is 0 Å². The van der Waals surface area contributed by atoms with Gasteiger partial charge in [0.15, 0.2) is 11.9 Å². The zero-order valence-corrected chi connectivity index (χ0v) is 19.8. The molecule has 2 unspecified atom stereocenters. The third-order valence-electron chi connectivity index (χ3n) is 5.72. The molecule has 4 rings (SSSR count). The summed E-state index contributed by atoms with van der Waals surface area (Å²) in [5, 5.41) is 29.6. The second kappa shape index (κ2) is 11.1. The first-order valence-corrected chi connectivity index (χ1v) is 11.6. The third kappa shape index (κ3) is 5.65. The van der Waals surface area contributed by atoms with Crippen molar-refractivity contribution in [2.75, 3.05) is 18.5 Å². The number of aromatic nitrogens is 5. The van der Waals surface area contributed by atoms with E-state index in [0.717, 1.165) is 18.2 Å². The summed E-state index contributed by atoms with van der Waals surface area (Å²) < 4.78 is 41.7. The Morgan fingerprint density at radius 2 is 2.03 bits per heavy atom. The second-order valence-electron chi connectivity index (χ2n) is 8.42. The normalized spacial score (nSPS) is 20.6. The van der Waals surface area contributed by atoms with E-state index in [-0.39, 0.29) is 23.7 Å². The number of anilines is 1. The number of hydrogen-bond donors (Lipinski definition) is 3. The number of rotatable bonds is 9. The summed E-state index contributed by atoms with van der Waals surface area (Å²) in [6.45, 7) is 1.50. The molecule has 3 aromatic rings. The van der Waals surface area contributed by atoms with Crippen LogP contribution < -0.4 is 11.0 Å². The average molecular weight is 520 g/mol. The Hall–Kier alpha value is -3.75. The zero-order valence-electron chi connectivity index (χ0n) is 19.8. The number of halogens is 2. The van der Waals surface area contributed by atoms with Gasteiger partial charge in [-0.2, -0.15) is 13.8 Å². The maximum atomic E-state index is 14.8. The number of ether oxygens (including phenoxy) is 2. The van der Waals surface area contributed by atoms with Crippen molar-refractivity contribution in [3.05, 3.63) is 58.8 Å². The van der Waals surface area contributed by atoms with Crippen LogP contribution >= 0.6 is 0 Å². The van der Waals surface area contributed by atoms with Gasteiger partial charge in [0, 0.05) is 6.20 Å². The van der Waals surface area contributed by atoms with E-state index in [1.165, 1.54) is 10.9 Å². The number of aliphatic hydroxyl groups is 2. The maximum absolute atomic E-state index is 14.8. The highest BCUT2D eigenvalue weighted by atomic mass is 19.3. The van der Waals surface area contributed by atoms with Crippen molar-refractivity contribution in [1.29, 1.82) is 0 Å². The van der Waals surface area contributed by atoms with E-state index < -0.39 is 42.7 Å². The molecule has 14 heteroatoms. The number of carbonyl (C=O) groups excluding carboxylic acids is 1. The third-order valence-corrected chi connectivity index (χ3v) is 5.72. The first-order chi connectivity index (χ1) is 17.7. The molecular weight excluding hydrogens is 494 g/mol. The molecule has 2 aromatic heterocycles.